The molecule has 1 N–H and O–H groups in total. The van der Waals surface area contributed by atoms with Crippen LogP contribution in [0, 0.1) is 0 Å². The standard InChI is InChI=1S/C24H27N5O6S2/c1-3-35-19(30)14-16-21(31)25-8-11-27(16)20-15(22(32)28-9-5-4-7-18(28)26-20)13-17-23(33)29(24(36)37-17)10-6-12-34-2/h4-5,7,9,13,16H,3,6,8,10-12,14H2,1-2H3,(H,25,31)/b17-13+/t16-/m0/s1. The van der Waals surface area contributed by atoms with E-state index in [2.05, 4.69) is 5.32 Å². The average Bonchev–Trinajstić information content (AvgIpc) is 3.14. The van der Waals surface area contributed by atoms with E-state index in [0.717, 1.165) is 11.8 Å². The van der Waals surface area contributed by atoms with Crippen LogP contribution in [-0.2, 0) is 23.9 Å². The highest BCUT2D eigenvalue weighted by molar-refractivity contribution is 8.26. The Morgan fingerprint density at radius 1 is 1.32 bits per heavy atom. The number of rotatable bonds is 9. The van der Waals surface area contributed by atoms with Crippen LogP contribution < -0.4 is 15.8 Å². The van der Waals surface area contributed by atoms with Crippen molar-refractivity contribution in [3.63, 3.8) is 0 Å². The zero-order valence-corrected chi connectivity index (χ0v) is 22.1. The van der Waals surface area contributed by atoms with Crippen molar-refractivity contribution in [3.8, 4) is 0 Å². The Kier molecular flexibility index (Phi) is 8.56. The largest absolute Gasteiger partial charge is 0.466 e. The first-order valence-corrected chi connectivity index (χ1v) is 13.0. The van der Waals surface area contributed by atoms with Crippen LogP contribution in [0.15, 0.2) is 34.1 Å². The number of pyridine rings is 1. The van der Waals surface area contributed by atoms with Crippen molar-refractivity contribution in [1.29, 1.82) is 0 Å². The third-order valence-corrected chi connectivity index (χ3v) is 7.27. The van der Waals surface area contributed by atoms with E-state index in [9.17, 15) is 19.2 Å². The Hall–Kier alpha value is -3.29. The molecule has 37 heavy (non-hydrogen) atoms. The molecule has 0 saturated carbocycles. The van der Waals surface area contributed by atoms with Crippen LogP contribution in [0.4, 0.5) is 5.82 Å². The predicted octanol–water partition coefficient (Wildman–Crippen LogP) is 1.19. The number of hydrogen-bond acceptors (Lipinski definition) is 10. The van der Waals surface area contributed by atoms with Crippen molar-refractivity contribution in [2.24, 2.45) is 0 Å². The highest BCUT2D eigenvalue weighted by Gasteiger charge is 2.36. The Morgan fingerprint density at radius 2 is 2.14 bits per heavy atom. The molecule has 13 heteroatoms. The number of nitrogens with one attached hydrogen (secondary N) is 1. The van der Waals surface area contributed by atoms with Crippen LogP contribution >= 0.6 is 24.0 Å². The lowest BCUT2D eigenvalue weighted by molar-refractivity contribution is -0.145. The molecule has 2 aliphatic heterocycles. The van der Waals surface area contributed by atoms with Crippen molar-refractivity contribution in [3.05, 3.63) is 45.2 Å². The molecule has 11 nitrogen and oxygen atoms in total. The topological polar surface area (TPSA) is 123 Å². The molecular weight excluding hydrogens is 518 g/mol. The van der Waals surface area contributed by atoms with Crippen LogP contribution in [0.25, 0.3) is 11.7 Å². The summed E-state index contributed by atoms with van der Waals surface area (Å²) in [4.78, 5) is 60.0. The van der Waals surface area contributed by atoms with Gasteiger partial charge in [0.2, 0.25) is 5.91 Å². The minimum absolute atomic E-state index is 0.129. The second-order valence-corrected chi connectivity index (χ2v) is 9.95. The molecule has 196 valence electrons. The second kappa shape index (κ2) is 11.8. The highest BCUT2D eigenvalue weighted by Crippen LogP contribution is 2.34. The molecule has 2 fully saturated rings. The summed E-state index contributed by atoms with van der Waals surface area (Å²) in [6.07, 6.45) is 3.46. The fourth-order valence-electron chi connectivity index (χ4n) is 4.18. The van der Waals surface area contributed by atoms with Crippen LogP contribution in [0.3, 0.4) is 0 Å². The van der Waals surface area contributed by atoms with Gasteiger partial charge in [0.1, 0.15) is 21.8 Å². The lowest BCUT2D eigenvalue weighted by Crippen LogP contribution is -2.57. The molecule has 4 rings (SSSR count). The van der Waals surface area contributed by atoms with Gasteiger partial charge in [-0.3, -0.25) is 28.5 Å². The number of carbonyl (C=O) groups excluding carboxylic acids is 3. The molecule has 0 bridgehead atoms. The van der Waals surface area contributed by atoms with E-state index in [1.807, 2.05) is 0 Å². The van der Waals surface area contributed by atoms with E-state index < -0.39 is 17.6 Å². The molecule has 2 saturated heterocycles. The average molecular weight is 546 g/mol. The summed E-state index contributed by atoms with van der Waals surface area (Å²) < 4.78 is 11.9. The summed E-state index contributed by atoms with van der Waals surface area (Å²) in [7, 11) is 1.59. The molecule has 2 aromatic heterocycles. The molecule has 0 spiro atoms. The number of anilines is 1. The molecule has 0 aromatic carbocycles. The number of aromatic nitrogens is 2. The van der Waals surface area contributed by atoms with Gasteiger partial charge in [-0.25, -0.2) is 4.98 Å². The first-order valence-electron chi connectivity index (χ1n) is 11.8. The number of methoxy groups -OCH3 is 1. The third kappa shape index (κ3) is 5.68. The Morgan fingerprint density at radius 3 is 2.89 bits per heavy atom. The summed E-state index contributed by atoms with van der Waals surface area (Å²) in [6.45, 7) is 3.35. The van der Waals surface area contributed by atoms with Gasteiger partial charge in [-0.1, -0.05) is 30.0 Å². The predicted molar refractivity (Wildman–Crippen MR) is 143 cm³/mol. The van der Waals surface area contributed by atoms with Gasteiger partial charge in [0, 0.05) is 39.5 Å². The monoisotopic (exact) mass is 545 g/mol. The van der Waals surface area contributed by atoms with E-state index in [1.54, 1.807) is 43.3 Å². The van der Waals surface area contributed by atoms with E-state index in [-0.39, 0.29) is 41.1 Å². The quantitative estimate of drug-likeness (QED) is 0.213. The van der Waals surface area contributed by atoms with Gasteiger partial charge < -0.3 is 19.7 Å². The molecule has 1 atom stereocenters. The molecule has 0 aliphatic carbocycles. The van der Waals surface area contributed by atoms with E-state index in [4.69, 9.17) is 26.7 Å². The fraction of sp³-hybridized carbons (Fsp3) is 0.417. The summed E-state index contributed by atoms with van der Waals surface area (Å²) in [5, 5.41) is 2.76. The number of nitrogens with zero attached hydrogens (tertiary/aromatic N) is 4. The molecular formula is C24H27N5O6S2. The minimum Gasteiger partial charge on any atom is -0.466 e. The van der Waals surface area contributed by atoms with Crippen molar-refractivity contribution in [2.45, 2.75) is 25.8 Å². The number of thiocarbonyl (C=S) groups is 1. The number of hydrogen-bond donors (Lipinski definition) is 1. The summed E-state index contributed by atoms with van der Waals surface area (Å²) in [5.74, 6) is -1.01. The van der Waals surface area contributed by atoms with Crippen LogP contribution in [-0.4, -0.2) is 82.4 Å². The number of piperazine rings is 1. The zero-order valence-electron chi connectivity index (χ0n) is 20.5. The maximum atomic E-state index is 13.6. The van der Waals surface area contributed by atoms with Gasteiger partial charge in [-0.15, -0.1) is 0 Å². The molecule has 2 amide bonds. The Bertz CT molecular complexity index is 1330. The minimum atomic E-state index is -0.929. The van der Waals surface area contributed by atoms with Gasteiger partial charge in [0.05, 0.1) is 23.5 Å². The van der Waals surface area contributed by atoms with Gasteiger partial charge in [-0.2, -0.15) is 0 Å². The molecule has 0 unspecified atom stereocenters. The molecule has 2 aliphatic rings. The molecule has 2 aromatic rings. The Labute approximate surface area is 222 Å². The van der Waals surface area contributed by atoms with Crippen molar-refractivity contribution < 1.29 is 23.9 Å². The van der Waals surface area contributed by atoms with E-state index in [0.29, 0.717) is 42.6 Å². The second-order valence-electron chi connectivity index (χ2n) is 8.27. The first kappa shape index (κ1) is 26.8. The van der Waals surface area contributed by atoms with Gasteiger partial charge in [0.15, 0.2) is 0 Å². The number of amides is 2. The number of carbonyl (C=O) groups is 3. The zero-order chi connectivity index (χ0) is 26.5. The Balaban J connectivity index is 1.80. The van der Waals surface area contributed by atoms with Crippen LogP contribution in [0.5, 0.6) is 0 Å². The molecule has 0 radical (unpaired) electrons. The van der Waals surface area contributed by atoms with Gasteiger partial charge in [-0.05, 0) is 31.6 Å². The summed E-state index contributed by atoms with van der Waals surface area (Å²) in [5.41, 5.74) is 0.0865. The number of ether oxygens (including phenoxy) is 2. The summed E-state index contributed by atoms with van der Waals surface area (Å²) in [6, 6.07) is 4.19. The SMILES string of the molecule is CCOC(=O)C[C@H]1C(=O)NCCN1c1nc2ccccn2c(=O)c1/C=C1/SC(=S)N(CCCOC)C1=O. The number of thioether (sulfide) groups is 1. The highest BCUT2D eigenvalue weighted by atomic mass is 32.2. The third-order valence-electron chi connectivity index (χ3n) is 5.90. The van der Waals surface area contributed by atoms with Crippen molar-refractivity contribution in [2.75, 3.05) is 44.9 Å². The molecule has 4 heterocycles. The lowest BCUT2D eigenvalue weighted by Gasteiger charge is -2.36. The van der Waals surface area contributed by atoms with E-state index >= 15 is 0 Å². The normalized spacial score (nSPS) is 19.1. The maximum absolute atomic E-state index is 13.6. The summed E-state index contributed by atoms with van der Waals surface area (Å²) >= 11 is 6.51. The van der Waals surface area contributed by atoms with Gasteiger partial charge in [0.25, 0.3) is 11.5 Å². The fourth-order valence-corrected chi connectivity index (χ4v) is 5.47. The first-order chi connectivity index (χ1) is 17.8. The number of fused-ring (bicyclic) bond motifs is 1. The number of esters is 1. The van der Waals surface area contributed by atoms with Gasteiger partial charge >= 0.3 is 5.97 Å². The van der Waals surface area contributed by atoms with E-state index in [1.165, 1.54) is 15.4 Å². The van der Waals surface area contributed by atoms with Crippen LogP contribution in [0.2, 0.25) is 0 Å². The lowest BCUT2D eigenvalue weighted by atomic mass is 10.1. The van der Waals surface area contributed by atoms with Crippen molar-refractivity contribution in [1.82, 2.24) is 19.6 Å². The van der Waals surface area contributed by atoms with Crippen LogP contribution in [0.1, 0.15) is 25.3 Å². The maximum Gasteiger partial charge on any atom is 0.308 e. The van der Waals surface area contributed by atoms with Crippen molar-refractivity contribution >= 4 is 63.6 Å². The smallest absolute Gasteiger partial charge is 0.308 e.